The van der Waals surface area contributed by atoms with Gasteiger partial charge < -0.3 is 10.1 Å². The average molecular weight is 298 g/mol. The number of allylic oxidation sites excluding steroid dienone is 1. The minimum absolute atomic E-state index is 0.780. The van der Waals surface area contributed by atoms with Crippen molar-refractivity contribution < 1.29 is 4.74 Å². The molecule has 0 radical (unpaired) electrons. The topological polar surface area (TPSA) is 21.3 Å². The first kappa shape index (κ1) is 14.4. The molecule has 0 amide bonds. The van der Waals surface area contributed by atoms with Crippen molar-refractivity contribution in [2.75, 3.05) is 26.8 Å². The van der Waals surface area contributed by atoms with Gasteiger partial charge >= 0.3 is 0 Å². The Hall–Kier alpha value is -0.640. The molecule has 0 fully saturated rings. The lowest BCUT2D eigenvalue weighted by Crippen LogP contribution is -2.19. The molecule has 0 aromatic heterocycles. The summed E-state index contributed by atoms with van der Waals surface area (Å²) in [5.41, 5.74) is 1.34. The molecule has 0 heterocycles. The van der Waals surface area contributed by atoms with Crippen molar-refractivity contribution in [3.8, 4) is 0 Å². The Morgan fingerprint density at radius 2 is 1.94 bits per heavy atom. The SMILES string of the molecule is COCCNCCC=CCc1ccc(Br)cc1. The Bertz CT molecular complexity index is 321. The lowest BCUT2D eigenvalue weighted by molar-refractivity contribution is 0.199. The molecular formula is C14H20BrNO. The molecule has 0 aliphatic heterocycles. The van der Waals surface area contributed by atoms with Gasteiger partial charge in [-0.3, -0.25) is 0 Å². The van der Waals surface area contributed by atoms with Crippen LogP contribution in [0.2, 0.25) is 0 Å². The zero-order chi connectivity index (χ0) is 12.3. The molecule has 0 saturated carbocycles. The van der Waals surface area contributed by atoms with E-state index >= 15 is 0 Å². The molecular weight excluding hydrogens is 278 g/mol. The van der Waals surface area contributed by atoms with Crippen LogP contribution in [0.15, 0.2) is 40.9 Å². The number of hydrogen-bond donors (Lipinski definition) is 1. The highest BCUT2D eigenvalue weighted by atomic mass is 79.9. The van der Waals surface area contributed by atoms with E-state index in [9.17, 15) is 0 Å². The van der Waals surface area contributed by atoms with Crippen molar-refractivity contribution in [1.29, 1.82) is 0 Å². The van der Waals surface area contributed by atoms with Crippen molar-refractivity contribution in [3.63, 3.8) is 0 Å². The zero-order valence-electron chi connectivity index (χ0n) is 10.3. The van der Waals surface area contributed by atoms with Gasteiger partial charge in [0.2, 0.25) is 0 Å². The molecule has 0 aliphatic carbocycles. The van der Waals surface area contributed by atoms with Gasteiger partial charge in [-0.25, -0.2) is 0 Å². The van der Waals surface area contributed by atoms with E-state index in [0.29, 0.717) is 0 Å². The third-order valence-electron chi connectivity index (χ3n) is 2.40. The second kappa shape index (κ2) is 9.40. The standard InChI is InChI=1S/C14H20BrNO/c1-17-12-11-16-10-4-2-3-5-13-6-8-14(15)9-7-13/h2-3,6-9,16H,4-5,10-12H2,1H3. The van der Waals surface area contributed by atoms with Gasteiger partial charge in [-0.1, -0.05) is 40.2 Å². The number of hydrogen-bond acceptors (Lipinski definition) is 2. The highest BCUT2D eigenvalue weighted by Crippen LogP contribution is 2.11. The van der Waals surface area contributed by atoms with E-state index in [0.717, 1.165) is 37.0 Å². The summed E-state index contributed by atoms with van der Waals surface area (Å²) in [6.07, 6.45) is 6.52. The predicted molar refractivity (Wildman–Crippen MR) is 76.3 cm³/mol. The van der Waals surface area contributed by atoms with E-state index in [-0.39, 0.29) is 0 Å². The summed E-state index contributed by atoms with van der Waals surface area (Å²) in [6, 6.07) is 8.45. The molecule has 0 spiro atoms. The van der Waals surface area contributed by atoms with Crippen molar-refractivity contribution in [1.82, 2.24) is 5.32 Å². The van der Waals surface area contributed by atoms with Gasteiger partial charge in [-0.05, 0) is 37.1 Å². The first-order valence-electron chi connectivity index (χ1n) is 5.92. The summed E-state index contributed by atoms with van der Waals surface area (Å²) >= 11 is 3.43. The van der Waals surface area contributed by atoms with E-state index in [2.05, 4.69) is 57.7 Å². The fourth-order valence-electron chi connectivity index (χ4n) is 1.44. The summed E-state index contributed by atoms with van der Waals surface area (Å²) in [4.78, 5) is 0. The van der Waals surface area contributed by atoms with Crippen LogP contribution in [0.3, 0.4) is 0 Å². The third kappa shape index (κ3) is 7.31. The Balaban J connectivity index is 2.07. The quantitative estimate of drug-likeness (QED) is 0.588. The van der Waals surface area contributed by atoms with Crippen LogP contribution in [0.1, 0.15) is 12.0 Å². The maximum atomic E-state index is 4.95. The van der Waals surface area contributed by atoms with Crippen LogP contribution in [-0.4, -0.2) is 26.8 Å². The van der Waals surface area contributed by atoms with Crippen LogP contribution in [0.4, 0.5) is 0 Å². The lowest BCUT2D eigenvalue weighted by atomic mass is 10.1. The van der Waals surface area contributed by atoms with E-state index in [4.69, 9.17) is 4.74 Å². The van der Waals surface area contributed by atoms with E-state index in [1.165, 1.54) is 5.56 Å². The first-order chi connectivity index (χ1) is 8.33. The van der Waals surface area contributed by atoms with Crippen molar-refractivity contribution in [2.24, 2.45) is 0 Å². The molecule has 0 atom stereocenters. The number of nitrogens with one attached hydrogen (secondary N) is 1. The monoisotopic (exact) mass is 297 g/mol. The highest BCUT2D eigenvalue weighted by Gasteiger charge is 1.89. The lowest BCUT2D eigenvalue weighted by Gasteiger charge is -2.00. The molecule has 1 rings (SSSR count). The Morgan fingerprint density at radius 1 is 1.18 bits per heavy atom. The van der Waals surface area contributed by atoms with Crippen LogP contribution < -0.4 is 5.32 Å². The summed E-state index contributed by atoms with van der Waals surface area (Å²) < 4.78 is 6.08. The molecule has 0 saturated heterocycles. The van der Waals surface area contributed by atoms with Gasteiger partial charge in [-0.2, -0.15) is 0 Å². The fourth-order valence-corrected chi connectivity index (χ4v) is 1.71. The van der Waals surface area contributed by atoms with E-state index in [1.807, 2.05) is 0 Å². The summed E-state index contributed by atoms with van der Waals surface area (Å²) in [5.74, 6) is 0. The number of halogens is 1. The Labute approximate surface area is 112 Å². The van der Waals surface area contributed by atoms with Crippen molar-refractivity contribution in [2.45, 2.75) is 12.8 Å². The molecule has 3 heteroatoms. The maximum Gasteiger partial charge on any atom is 0.0587 e. The zero-order valence-corrected chi connectivity index (χ0v) is 11.9. The minimum atomic E-state index is 0.780. The highest BCUT2D eigenvalue weighted by molar-refractivity contribution is 9.10. The fraction of sp³-hybridized carbons (Fsp3) is 0.429. The van der Waals surface area contributed by atoms with Gasteiger partial charge in [0.05, 0.1) is 6.61 Å². The van der Waals surface area contributed by atoms with Gasteiger partial charge in [0, 0.05) is 18.1 Å². The van der Waals surface area contributed by atoms with Crippen LogP contribution in [-0.2, 0) is 11.2 Å². The number of benzene rings is 1. The van der Waals surface area contributed by atoms with E-state index in [1.54, 1.807) is 7.11 Å². The van der Waals surface area contributed by atoms with Gasteiger partial charge in [-0.15, -0.1) is 0 Å². The van der Waals surface area contributed by atoms with E-state index < -0.39 is 0 Å². The second-order valence-electron chi connectivity index (χ2n) is 3.83. The first-order valence-corrected chi connectivity index (χ1v) is 6.71. The van der Waals surface area contributed by atoms with Crippen LogP contribution >= 0.6 is 15.9 Å². The van der Waals surface area contributed by atoms with Gasteiger partial charge in [0.15, 0.2) is 0 Å². The maximum absolute atomic E-state index is 4.95. The molecule has 0 unspecified atom stereocenters. The van der Waals surface area contributed by atoms with Gasteiger partial charge in [0.1, 0.15) is 0 Å². The normalized spacial score (nSPS) is 11.2. The summed E-state index contributed by atoms with van der Waals surface area (Å²) in [5, 5.41) is 3.31. The molecule has 0 bridgehead atoms. The van der Waals surface area contributed by atoms with Crippen molar-refractivity contribution in [3.05, 3.63) is 46.5 Å². The molecule has 1 aromatic carbocycles. The van der Waals surface area contributed by atoms with Gasteiger partial charge in [0.25, 0.3) is 0 Å². The third-order valence-corrected chi connectivity index (χ3v) is 2.93. The largest absolute Gasteiger partial charge is 0.383 e. The molecule has 1 N–H and O–H groups in total. The second-order valence-corrected chi connectivity index (χ2v) is 4.75. The Kier molecular flexibility index (Phi) is 7.97. The number of ether oxygens (including phenoxy) is 1. The number of rotatable bonds is 8. The molecule has 17 heavy (non-hydrogen) atoms. The minimum Gasteiger partial charge on any atom is -0.383 e. The average Bonchev–Trinajstić information content (AvgIpc) is 2.35. The van der Waals surface area contributed by atoms with Crippen LogP contribution in [0.25, 0.3) is 0 Å². The van der Waals surface area contributed by atoms with Crippen LogP contribution in [0.5, 0.6) is 0 Å². The predicted octanol–water partition coefficient (Wildman–Crippen LogP) is 3.17. The molecule has 94 valence electrons. The van der Waals surface area contributed by atoms with Crippen molar-refractivity contribution >= 4 is 15.9 Å². The molecule has 1 aromatic rings. The summed E-state index contributed by atoms with van der Waals surface area (Å²) in [7, 11) is 1.72. The summed E-state index contributed by atoms with van der Waals surface area (Å²) in [6.45, 7) is 2.72. The van der Waals surface area contributed by atoms with Crippen LogP contribution in [0, 0.1) is 0 Å². The Morgan fingerprint density at radius 3 is 2.65 bits per heavy atom. The number of methoxy groups -OCH3 is 1. The smallest absolute Gasteiger partial charge is 0.0587 e. The molecule has 2 nitrogen and oxygen atoms in total. The molecule has 0 aliphatic rings.